The van der Waals surface area contributed by atoms with E-state index >= 15 is 0 Å². The van der Waals surface area contributed by atoms with Crippen molar-refractivity contribution in [2.45, 2.75) is 39.0 Å². The van der Waals surface area contributed by atoms with Crippen LogP contribution in [0.1, 0.15) is 41.8 Å². The molecule has 82 valence electrons. The van der Waals surface area contributed by atoms with Crippen molar-refractivity contribution in [3.8, 4) is 0 Å². The molecule has 1 aliphatic rings. The van der Waals surface area contributed by atoms with Gasteiger partial charge in [0.05, 0.1) is 5.38 Å². The molecule has 0 heterocycles. The lowest BCUT2D eigenvalue weighted by Gasteiger charge is -2.20. The van der Waals surface area contributed by atoms with Crippen molar-refractivity contribution in [3.63, 3.8) is 0 Å². The van der Waals surface area contributed by atoms with Crippen LogP contribution in [-0.4, -0.2) is 0 Å². The van der Waals surface area contributed by atoms with Gasteiger partial charge in [-0.05, 0) is 54.9 Å². The van der Waals surface area contributed by atoms with E-state index in [1.54, 1.807) is 0 Å². The molecule has 2 rings (SSSR count). The molecule has 1 fully saturated rings. The highest BCUT2D eigenvalue weighted by atomic mass is 79.9. The first kappa shape index (κ1) is 11.5. The fourth-order valence-electron chi connectivity index (χ4n) is 1.90. The topological polar surface area (TPSA) is 0 Å². The average molecular weight is 288 g/mol. The highest BCUT2D eigenvalue weighted by molar-refractivity contribution is 9.10. The van der Waals surface area contributed by atoms with E-state index in [0.717, 1.165) is 0 Å². The predicted octanol–water partition coefficient (Wildman–Crippen LogP) is 5.15. The molecule has 15 heavy (non-hydrogen) atoms. The Labute approximate surface area is 105 Å². The molecule has 0 N–H and O–H groups in total. The summed E-state index contributed by atoms with van der Waals surface area (Å²) in [5.74, 6) is 0. The fraction of sp³-hybridized carbons (Fsp3) is 0.538. The number of hydrogen-bond acceptors (Lipinski definition) is 0. The predicted molar refractivity (Wildman–Crippen MR) is 69.6 cm³/mol. The third kappa shape index (κ3) is 2.09. The normalized spacial score (nSPS) is 20.1. The van der Waals surface area contributed by atoms with Gasteiger partial charge in [0, 0.05) is 4.47 Å². The minimum Gasteiger partial charge on any atom is -0.117 e. The summed E-state index contributed by atoms with van der Waals surface area (Å²) >= 11 is 10.1. The molecule has 0 amide bonds. The fourth-order valence-corrected chi connectivity index (χ4v) is 2.81. The molecule has 0 spiro atoms. The molecule has 0 aromatic heterocycles. The Hall–Kier alpha value is -0.0100. The number of alkyl halides is 1. The van der Waals surface area contributed by atoms with E-state index in [0.29, 0.717) is 5.41 Å². The van der Waals surface area contributed by atoms with Crippen LogP contribution in [0, 0.1) is 19.3 Å². The lowest BCUT2D eigenvalue weighted by molar-refractivity contribution is 0.547. The maximum Gasteiger partial charge on any atom is 0.0641 e. The van der Waals surface area contributed by atoms with Gasteiger partial charge < -0.3 is 0 Å². The number of hydrogen-bond donors (Lipinski definition) is 0. The van der Waals surface area contributed by atoms with Crippen molar-refractivity contribution in [2.75, 3.05) is 0 Å². The Bertz CT molecular complexity index is 394. The largest absolute Gasteiger partial charge is 0.117 e. The first-order valence-electron chi connectivity index (χ1n) is 5.35. The van der Waals surface area contributed by atoms with E-state index in [4.69, 9.17) is 11.6 Å². The van der Waals surface area contributed by atoms with Gasteiger partial charge in [-0.15, -0.1) is 11.6 Å². The molecule has 0 aliphatic heterocycles. The van der Waals surface area contributed by atoms with Crippen LogP contribution in [0.5, 0.6) is 0 Å². The molecule has 1 saturated carbocycles. The van der Waals surface area contributed by atoms with Crippen molar-refractivity contribution in [1.29, 1.82) is 0 Å². The Morgan fingerprint density at radius 1 is 1.27 bits per heavy atom. The van der Waals surface area contributed by atoms with Crippen molar-refractivity contribution < 1.29 is 0 Å². The second kappa shape index (κ2) is 3.78. The zero-order valence-corrected chi connectivity index (χ0v) is 11.7. The highest BCUT2D eigenvalue weighted by Gasteiger charge is 2.45. The lowest BCUT2D eigenvalue weighted by Crippen LogP contribution is -2.06. The Balaban J connectivity index is 2.39. The number of aryl methyl sites for hydroxylation is 2. The third-order valence-corrected chi connectivity index (χ3v) is 5.09. The summed E-state index contributed by atoms with van der Waals surface area (Å²) in [6.45, 7) is 6.54. The van der Waals surface area contributed by atoms with Crippen molar-refractivity contribution in [1.82, 2.24) is 0 Å². The minimum absolute atomic E-state index is 0.171. The van der Waals surface area contributed by atoms with Crippen LogP contribution in [0.4, 0.5) is 0 Å². The van der Waals surface area contributed by atoms with Gasteiger partial charge in [0.2, 0.25) is 0 Å². The summed E-state index contributed by atoms with van der Waals surface area (Å²) in [6, 6.07) is 4.40. The van der Waals surface area contributed by atoms with Gasteiger partial charge in [-0.1, -0.05) is 28.9 Å². The van der Waals surface area contributed by atoms with Crippen LogP contribution in [-0.2, 0) is 0 Å². The van der Waals surface area contributed by atoms with Crippen molar-refractivity contribution in [3.05, 3.63) is 33.3 Å². The van der Waals surface area contributed by atoms with Gasteiger partial charge in [0.1, 0.15) is 0 Å². The summed E-state index contributed by atoms with van der Waals surface area (Å²) < 4.78 is 1.17. The van der Waals surface area contributed by atoms with Crippen LogP contribution in [0.3, 0.4) is 0 Å². The van der Waals surface area contributed by atoms with Crippen LogP contribution in [0.15, 0.2) is 16.6 Å². The van der Waals surface area contributed by atoms with E-state index in [2.05, 4.69) is 48.8 Å². The standard InChI is InChI=1S/C13H16BrCl/c1-8-7-11(14)9(2)6-10(8)12(15)13(3)4-5-13/h6-7,12H,4-5H2,1-3H3. The van der Waals surface area contributed by atoms with E-state index < -0.39 is 0 Å². The summed E-state index contributed by atoms with van der Waals surface area (Å²) in [5.41, 5.74) is 4.20. The quantitative estimate of drug-likeness (QED) is 0.660. The monoisotopic (exact) mass is 286 g/mol. The van der Waals surface area contributed by atoms with Gasteiger partial charge in [-0.2, -0.15) is 0 Å². The molecule has 1 atom stereocenters. The summed E-state index contributed by atoms with van der Waals surface area (Å²) in [5, 5.41) is 0.171. The van der Waals surface area contributed by atoms with E-state index in [9.17, 15) is 0 Å². The van der Waals surface area contributed by atoms with Gasteiger partial charge >= 0.3 is 0 Å². The molecular weight excluding hydrogens is 272 g/mol. The Morgan fingerprint density at radius 3 is 2.40 bits per heavy atom. The molecule has 0 radical (unpaired) electrons. The molecule has 0 saturated heterocycles. The smallest absolute Gasteiger partial charge is 0.0641 e. The van der Waals surface area contributed by atoms with Crippen LogP contribution in [0.2, 0.25) is 0 Å². The minimum atomic E-state index is 0.171. The second-order valence-electron chi connectivity index (χ2n) is 4.97. The summed E-state index contributed by atoms with van der Waals surface area (Å²) in [4.78, 5) is 0. The van der Waals surface area contributed by atoms with E-state index in [-0.39, 0.29) is 5.38 Å². The van der Waals surface area contributed by atoms with Gasteiger partial charge in [-0.25, -0.2) is 0 Å². The van der Waals surface area contributed by atoms with Crippen molar-refractivity contribution >= 4 is 27.5 Å². The van der Waals surface area contributed by atoms with Crippen molar-refractivity contribution in [2.24, 2.45) is 5.41 Å². The zero-order chi connectivity index (χ0) is 11.2. The first-order valence-corrected chi connectivity index (χ1v) is 6.58. The Kier molecular flexibility index (Phi) is 2.89. The summed E-state index contributed by atoms with van der Waals surface area (Å²) in [6.07, 6.45) is 2.52. The molecule has 1 aromatic carbocycles. The average Bonchev–Trinajstić information content (AvgIpc) is 2.90. The van der Waals surface area contributed by atoms with Gasteiger partial charge in [-0.3, -0.25) is 0 Å². The third-order valence-electron chi connectivity index (χ3n) is 3.47. The molecular formula is C13H16BrCl. The van der Waals surface area contributed by atoms with E-state index in [1.165, 1.54) is 34.0 Å². The maximum absolute atomic E-state index is 6.56. The molecule has 1 unspecified atom stereocenters. The highest BCUT2D eigenvalue weighted by Crippen LogP contribution is 2.58. The van der Waals surface area contributed by atoms with Crippen LogP contribution < -0.4 is 0 Å². The maximum atomic E-state index is 6.56. The molecule has 2 heteroatoms. The zero-order valence-electron chi connectivity index (χ0n) is 9.40. The van der Waals surface area contributed by atoms with Gasteiger partial charge in [0.25, 0.3) is 0 Å². The lowest BCUT2D eigenvalue weighted by atomic mass is 9.93. The number of benzene rings is 1. The summed E-state index contributed by atoms with van der Waals surface area (Å²) in [7, 11) is 0. The molecule has 1 aromatic rings. The van der Waals surface area contributed by atoms with Crippen LogP contribution >= 0.6 is 27.5 Å². The molecule has 0 nitrogen and oxygen atoms in total. The SMILES string of the molecule is Cc1cc(C(Cl)C2(C)CC2)c(C)cc1Br. The first-order chi connectivity index (χ1) is 6.94. The number of rotatable bonds is 2. The van der Waals surface area contributed by atoms with Crippen LogP contribution in [0.25, 0.3) is 0 Å². The second-order valence-corrected chi connectivity index (χ2v) is 6.27. The Morgan fingerprint density at radius 2 is 1.87 bits per heavy atom. The molecule has 1 aliphatic carbocycles. The van der Waals surface area contributed by atoms with E-state index in [1.807, 2.05) is 0 Å². The van der Waals surface area contributed by atoms with Gasteiger partial charge in [0.15, 0.2) is 0 Å². The molecule has 0 bridgehead atoms. The number of halogens is 2.